The number of hydrogen-bond donors (Lipinski definition) is 1. The number of rotatable bonds is 6. The number of aryl methyl sites for hydroxylation is 1. The van der Waals surface area contributed by atoms with Crippen molar-refractivity contribution in [3.8, 4) is 0 Å². The smallest absolute Gasteiger partial charge is 0.332 e. The summed E-state index contributed by atoms with van der Waals surface area (Å²) in [5.41, 5.74) is -0.453. The van der Waals surface area contributed by atoms with E-state index in [0.29, 0.717) is 6.54 Å². The van der Waals surface area contributed by atoms with Crippen LogP contribution in [0.4, 0.5) is 0 Å². The van der Waals surface area contributed by atoms with Crippen LogP contribution in [-0.2, 0) is 14.1 Å². The van der Waals surface area contributed by atoms with Crippen LogP contribution in [0.2, 0.25) is 0 Å². The fourth-order valence-corrected chi connectivity index (χ4v) is 2.55. The highest BCUT2D eigenvalue weighted by Crippen LogP contribution is 2.11. The van der Waals surface area contributed by atoms with Gasteiger partial charge >= 0.3 is 5.69 Å². The first-order chi connectivity index (χ1) is 11.4. The van der Waals surface area contributed by atoms with Crippen molar-refractivity contribution in [1.82, 2.24) is 19.0 Å². The number of aromatic nitrogens is 3. The molecule has 0 aliphatic heterocycles. The highest BCUT2D eigenvalue weighted by Gasteiger charge is 2.18. The van der Waals surface area contributed by atoms with Crippen LogP contribution in [0.15, 0.2) is 21.9 Å². The summed E-state index contributed by atoms with van der Waals surface area (Å²) in [6.45, 7) is 2.64. The van der Waals surface area contributed by atoms with Gasteiger partial charge in [0.15, 0.2) is 0 Å². The lowest BCUT2D eigenvalue weighted by atomic mass is 10.2. The SMILES string of the molecule is CCCCN(CCO)C(=O)c1cnc2c(c1)c(=O)n(C)c(=O)n2C. The van der Waals surface area contributed by atoms with Crippen LogP contribution in [0.3, 0.4) is 0 Å². The molecule has 1 N–H and O–H groups in total. The molecule has 0 atom stereocenters. The molecule has 0 aromatic carbocycles. The molecule has 2 rings (SSSR count). The van der Waals surface area contributed by atoms with Crippen LogP contribution < -0.4 is 11.2 Å². The predicted molar refractivity (Wildman–Crippen MR) is 90.1 cm³/mol. The third kappa shape index (κ3) is 3.23. The van der Waals surface area contributed by atoms with E-state index < -0.39 is 11.2 Å². The van der Waals surface area contributed by atoms with Crippen molar-refractivity contribution < 1.29 is 9.90 Å². The van der Waals surface area contributed by atoms with E-state index in [-0.39, 0.29) is 35.7 Å². The van der Waals surface area contributed by atoms with Crippen LogP contribution in [0.25, 0.3) is 11.0 Å². The van der Waals surface area contributed by atoms with E-state index in [0.717, 1.165) is 17.4 Å². The second kappa shape index (κ2) is 7.39. The number of aliphatic hydroxyl groups is 1. The lowest BCUT2D eigenvalue weighted by molar-refractivity contribution is 0.0719. The van der Waals surface area contributed by atoms with Gasteiger partial charge in [0, 0.05) is 33.4 Å². The summed E-state index contributed by atoms with van der Waals surface area (Å²) in [6, 6.07) is 1.46. The average molecular weight is 334 g/mol. The average Bonchev–Trinajstić information content (AvgIpc) is 2.60. The fraction of sp³-hybridized carbons (Fsp3) is 0.500. The predicted octanol–water partition coefficient (Wildman–Crippen LogP) is -0.133. The van der Waals surface area contributed by atoms with E-state index in [2.05, 4.69) is 4.98 Å². The van der Waals surface area contributed by atoms with Gasteiger partial charge in [0.05, 0.1) is 17.6 Å². The fourth-order valence-electron chi connectivity index (χ4n) is 2.55. The van der Waals surface area contributed by atoms with E-state index in [9.17, 15) is 14.4 Å². The number of nitrogens with zero attached hydrogens (tertiary/aromatic N) is 4. The Morgan fingerprint density at radius 2 is 1.96 bits per heavy atom. The molecule has 1 amide bonds. The molecule has 0 aliphatic rings. The van der Waals surface area contributed by atoms with Crippen LogP contribution in [0.5, 0.6) is 0 Å². The van der Waals surface area contributed by atoms with E-state index in [4.69, 9.17) is 5.11 Å². The third-order valence-electron chi connectivity index (χ3n) is 3.98. The Labute approximate surface area is 139 Å². The summed E-state index contributed by atoms with van der Waals surface area (Å²) < 4.78 is 2.26. The summed E-state index contributed by atoms with van der Waals surface area (Å²) in [7, 11) is 2.91. The molecule has 0 fully saturated rings. The van der Waals surface area contributed by atoms with Crippen LogP contribution in [0.1, 0.15) is 30.1 Å². The van der Waals surface area contributed by atoms with Gasteiger partial charge in [-0.25, -0.2) is 9.78 Å². The Bertz CT molecular complexity index is 869. The molecule has 0 saturated heterocycles. The van der Waals surface area contributed by atoms with Gasteiger partial charge < -0.3 is 10.0 Å². The molecule has 8 nitrogen and oxygen atoms in total. The van der Waals surface area contributed by atoms with Crippen LogP contribution in [0, 0.1) is 0 Å². The molecular formula is C16H22N4O4. The minimum Gasteiger partial charge on any atom is -0.395 e. The second-order valence-electron chi connectivity index (χ2n) is 5.67. The van der Waals surface area contributed by atoms with Gasteiger partial charge in [0.1, 0.15) is 5.65 Å². The summed E-state index contributed by atoms with van der Waals surface area (Å²) in [6.07, 6.45) is 3.11. The van der Waals surface area contributed by atoms with Gasteiger partial charge in [-0.2, -0.15) is 0 Å². The van der Waals surface area contributed by atoms with Gasteiger partial charge in [-0.05, 0) is 12.5 Å². The number of amides is 1. The van der Waals surface area contributed by atoms with Crippen molar-refractivity contribution >= 4 is 16.9 Å². The maximum absolute atomic E-state index is 12.6. The lowest BCUT2D eigenvalue weighted by Crippen LogP contribution is -2.38. The van der Waals surface area contributed by atoms with Crippen molar-refractivity contribution in [2.45, 2.75) is 19.8 Å². The summed E-state index contributed by atoms with van der Waals surface area (Å²) >= 11 is 0. The zero-order chi connectivity index (χ0) is 17.9. The normalized spacial score (nSPS) is 11.0. The van der Waals surface area contributed by atoms with E-state index >= 15 is 0 Å². The molecule has 2 heterocycles. The zero-order valence-electron chi connectivity index (χ0n) is 14.2. The Hall–Kier alpha value is -2.48. The third-order valence-corrected chi connectivity index (χ3v) is 3.98. The van der Waals surface area contributed by atoms with Crippen molar-refractivity contribution in [2.24, 2.45) is 14.1 Å². The van der Waals surface area contributed by atoms with Gasteiger partial charge in [-0.1, -0.05) is 13.3 Å². The van der Waals surface area contributed by atoms with Crippen molar-refractivity contribution in [3.63, 3.8) is 0 Å². The Morgan fingerprint density at radius 1 is 1.25 bits per heavy atom. The molecule has 130 valence electrons. The quantitative estimate of drug-likeness (QED) is 0.793. The van der Waals surface area contributed by atoms with Crippen molar-refractivity contribution in [1.29, 1.82) is 0 Å². The lowest BCUT2D eigenvalue weighted by Gasteiger charge is -2.21. The first-order valence-corrected chi connectivity index (χ1v) is 7.88. The highest BCUT2D eigenvalue weighted by molar-refractivity contribution is 5.96. The van der Waals surface area contributed by atoms with E-state index in [1.165, 1.54) is 30.9 Å². The molecule has 0 spiro atoms. The Morgan fingerprint density at radius 3 is 2.58 bits per heavy atom. The monoisotopic (exact) mass is 334 g/mol. The zero-order valence-corrected chi connectivity index (χ0v) is 14.2. The van der Waals surface area contributed by atoms with Gasteiger partial charge in [0.25, 0.3) is 11.5 Å². The molecule has 0 radical (unpaired) electrons. The van der Waals surface area contributed by atoms with E-state index in [1.807, 2.05) is 6.92 Å². The maximum Gasteiger partial charge on any atom is 0.332 e. The molecule has 0 saturated carbocycles. The largest absolute Gasteiger partial charge is 0.395 e. The Kier molecular flexibility index (Phi) is 5.50. The molecule has 2 aromatic rings. The molecule has 0 bridgehead atoms. The molecule has 8 heteroatoms. The Balaban J connectivity index is 2.52. The maximum atomic E-state index is 12.6. The van der Waals surface area contributed by atoms with Gasteiger partial charge in [-0.3, -0.25) is 18.7 Å². The number of pyridine rings is 1. The summed E-state index contributed by atoms with van der Waals surface area (Å²) in [5.74, 6) is -0.289. The molecule has 24 heavy (non-hydrogen) atoms. The van der Waals surface area contributed by atoms with Crippen molar-refractivity contribution in [3.05, 3.63) is 38.7 Å². The van der Waals surface area contributed by atoms with E-state index in [1.54, 1.807) is 4.90 Å². The first kappa shape index (κ1) is 17.9. The number of carbonyl (C=O) groups is 1. The second-order valence-corrected chi connectivity index (χ2v) is 5.67. The first-order valence-electron chi connectivity index (χ1n) is 7.88. The van der Waals surface area contributed by atoms with Gasteiger partial charge in [-0.15, -0.1) is 0 Å². The molecule has 2 aromatic heterocycles. The number of hydrogen-bond acceptors (Lipinski definition) is 5. The van der Waals surface area contributed by atoms with Gasteiger partial charge in [0.2, 0.25) is 0 Å². The molecular weight excluding hydrogens is 312 g/mol. The number of carbonyl (C=O) groups excluding carboxylic acids is 1. The van der Waals surface area contributed by atoms with Crippen LogP contribution in [-0.4, -0.2) is 49.7 Å². The van der Waals surface area contributed by atoms with Crippen LogP contribution >= 0.6 is 0 Å². The topological polar surface area (TPSA) is 97.4 Å². The summed E-state index contributed by atoms with van der Waals surface area (Å²) in [5, 5.41) is 9.36. The molecule has 0 unspecified atom stereocenters. The molecule has 0 aliphatic carbocycles. The number of aliphatic hydroxyl groups excluding tert-OH is 1. The highest BCUT2D eigenvalue weighted by atomic mass is 16.3. The number of fused-ring (bicyclic) bond motifs is 1. The minimum atomic E-state index is -0.488. The minimum absolute atomic E-state index is 0.132. The van der Waals surface area contributed by atoms with Crippen molar-refractivity contribution in [2.75, 3.05) is 19.7 Å². The summed E-state index contributed by atoms with van der Waals surface area (Å²) in [4.78, 5) is 42.5. The standard InChI is InChI=1S/C16H22N4O4/c1-4-5-6-20(7-8-21)14(22)11-9-12-13(17-10-11)18(2)16(24)19(3)15(12)23/h9-10,21H,4-8H2,1-3H3. The number of unbranched alkanes of at least 4 members (excludes halogenated alkanes) is 1.